The van der Waals surface area contributed by atoms with E-state index in [9.17, 15) is 0 Å². The number of benzene rings is 5. The maximum absolute atomic E-state index is 7.62. The Hall–Kier alpha value is -4.98. The number of methoxy groups -OCH3 is 2. The fourth-order valence-electron chi connectivity index (χ4n) is 8.74. The molecule has 0 atom stereocenters. The zero-order valence-electron chi connectivity index (χ0n) is 29.8. The molecule has 2 saturated heterocycles. The first kappa shape index (κ1) is 32.0. The molecule has 5 aromatic rings. The van der Waals surface area contributed by atoms with E-state index < -0.39 is 5.60 Å². The molecule has 1 aliphatic carbocycles. The molecule has 0 radical (unpaired) electrons. The van der Waals surface area contributed by atoms with Gasteiger partial charge < -0.3 is 33.5 Å². The Balaban J connectivity index is 1.26. The highest BCUT2D eigenvalue weighted by Crippen LogP contribution is 2.59. The van der Waals surface area contributed by atoms with Crippen molar-refractivity contribution < 1.29 is 23.7 Å². The summed E-state index contributed by atoms with van der Waals surface area (Å²) < 4.78 is 30.7. The number of rotatable bonds is 6. The van der Waals surface area contributed by atoms with E-state index in [-0.39, 0.29) is 5.41 Å². The zero-order chi connectivity index (χ0) is 34.7. The van der Waals surface area contributed by atoms with Gasteiger partial charge in [0, 0.05) is 65.0 Å². The van der Waals surface area contributed by atoms with E-state index in [0.29, 0.717) is 11.5 Å². The highest BCUT2D eigenvalue weighted by molar-refractivity contribution is 6.09. The Morgan fingerprint density at radius 3 is 1.73 bits per heavy atom. The largest absolute Gasteiger partial charge is 0.493 e. The van der Waals surface area contributed by atoms with Crippen molar-refractivity contribution in [3.05, 3.63) is 119 Å². The summed E-state index contributed by atoms with van der Waals surface area (Å²) in [5.41, 5.74) is 9.57. The Kier molecular flexibility index (Phi) is 7.74. The fraction of sp³-hybridized carbons (Fsp3) is 0.318. The maximum Gasteiger partial charge on any atom is 0.178 e. The quantitative estimate of drug-likeness (QED) is 0.179. The Bertz CT molecular complexity index is 2080. The number of fused-ring (bicyclic) bond motifs is 8. The molecule has 7 heteroatoms. The van der Waals surface area contributed by atoms with Crippen molar-refractivity contribution >= 4 is 28.2 Å². The second-order valence-corrected chi connectivity index (χ2v) is 14.4. The summed E-state index contributed by atoms with van der Waals surface area (Å²) in [6.07, 6.45) is 4.59. The number of hydrogen-bond acceptors (Lipinski definition) is 7. The standard InChI is InChI=1S/C44H44N2O5/c1-43(2)37-8-6-5-7-33(37)40-35-27-38(47-3)39(48-4)28-36(35)42-34(41(40)43)17-18-44(51-42,29-9-13-31(14-10-29)45-19-23-49-24-20-45)30-11-15-32(16-12-30)46-21-25-50-26-22-46/h5-18,27-28H,19-26H2,1-4H3. The van der Waals surface area contributed by atoms with E-state index in [4.69, 9.17) is 23.7 Å². The summed E-state index contributed by atoms with van der Waals surface area (Å²) in [5, 5.41) is 2.09. The zero-order valence-corrected chi connectivity index (χ0v) is 29.8. The van der Waals surface area contributed by atoms with Crippen molar-refractivity contribution in [2.24, 2.45) is 0 Å². The van der Waals surface area contributed by atoms with Crippen molar-refractivity contribution in [3.63, 3.8) is 0 Å². The van der Waals surface area contributed by atoms with Crippen LogP contribution in [0.2, 0.25) is 0 Å². The van der Waals surface area contributed by atoms with Gasteiger partial charge in [0.1, 0.15) is 5.75 Å². The molecule has 4 aliphatic rings. The molecule has 0 spiro atoms. The summed E-state index contributed by atoms with van der Waals surface area (Å²) in [4.78, 5) is 4.78. The van der Waals surface area contributed by atoms with Gasteiger partial charge in [0.25, 0.3) is 0 Å². The lowest BCUT2D eigenvalue weighted by molar-refractivity contribution is 0.122. The van der Waals surface area contributed by atoms with Crippen LogP contribution in [0, 0.1) is 0 Å². The van der Waals surface area contributed by atoms with Gasteiger partial charge in [-0.1, -0.05) is 68.5 Å². The molecule has 0 amide bonds. The molecule has 51 heavy (non-hydrogen) atoms. The molecular weight excluding hydrogens is 636 g/mol. The van der Waals surface area contributed by atoms with Crippen LogP contribution in [0.3, 0.4) is 0 Å². The van der Waals surface area contributed by atoms with E-state index in [1.165, 1.54) is 33.6 Å². The molecule has 0 bridgehead atoms. The monoisotopic (exact) mass is 680 g/mol. The summed E-state index contributed by atoms with van der Waals surface area (Å²) >= 11 is 0. The topological polar surface area (TPSA) is 52.6 Å². The highest BCUT2D eigenvalue weighted by atomic mass is 16.5. The van der Waals surface area contributed by atoms with Crippen LogP contribution in [-0.2, 0) is 20.5 Å². The highest BCUT2D eigenvalue weighted by Gasteiger charge is 2.44. The first-order valence-corrected chi connectivity index (χ1v) is 18.0. The number of anilines is 2. The van der Waals surface area contributed by atoms with E-state index in [0.717, 1.165) is 85.8 Å². The third-order valence-corrected chi connectivity index (χ3v) is 11.4. The lowest BCUT2D eigenvalue weighted by Crippen LogP contribution is -2.37. The van der Waals surface area contributed by atoms with Gasteiger partial charge in [-0.3, -0.25) is 0 Å². The van der Waals surface area contributed by atoms with Gasteiger partial charge in [-0.25, -0.2) is 0 Å². The third kappa shape index (κ3) is 5.01. The maximum atomic E-state index is 7.62. The van der Waals surface area contributed by atoms with E-state index in [1.807, 2.05) is 0 Å². The molecule has 0 aromatic heterocycles. The van der Waals surface area contributed by atoms with Crippen LogP contribution < -0.4 is 24.0 Å². The van der Waals surface area contributed by atoms with Crippen molar-refractivity contribution in [2.75, 3.05) is 76.6 Å². The van der Waals surface area contributed by atoms with Gasteiger partial charge in [0.2, 0.25) is 0 Å². The number of nitrogens with zero attached hydrogens (tertiary/aromatic N) is 2. The third-order valence-electron chi connectivity index (χ3n) is 11.4. The minimum atomic E-state index is -0.885. The van der Waals surface area contributed by atoms with Crippen LogP contribution in [-0.4, -0.2) is 66.8 Å². The molecular formula is C44H44N2O5. The second-order valence-electron chi connectivity index (χ2n) is 14.4. The molecule has 0 saturated carbocycles. The smallest absolute Gasteiger partial charge is 0.178 e. The average Bonchev–Trinajstić information content (AvgIpc) is 3.44. The molecule has 3 aliphatic heterocycles. The number of hydrogen-bond donors (Lipinski definition) is 0. The predicted molar refractivity (Wildman–Crippen MR) is 204 cm³/mol. The summed E-state index contributed by atoms with van der Waals surface area (Å²) in [6, 6.07) is 30.8. The molecule has 3 heterocycles. The van der Waals surface area contributed by atoms with Gasteiger partial charge in [-0.05, 0) is 70.1 Å². The summed E-state index contributed by atoms with van der Waals surface area (Å²) in [5.74, 6) is 2.22. The van der Waals surface area contributed by atoms with Crippen LogP contribution in [0.15, 0.2) is 91.0 Å². The lowest BCUT2D eigenvalue weighted by atomic mass is 9.76. The first-order chi connectivity index (χ1) is 24.9. The van der Waals surface area contributed by atoms with Crippen LogP contribution >= 0.6 is 0 Å². The van der Waals surface area contributed by atoms with Crippen LogP contribution in [0.25, 0.3) is 28.0 Å². The van der Waals surface area contributed by atoms with Gasteiger partial charge in [0.05, 0.1) is 40.6 Å². The minimum Gasteiger partial charge on any atom is -0.493 e. The summed E-state index contributed by atoms with van der Waals surface area (Å²) in [6.45, 7) is 11.2. The van der Waals surface area contributed by atoms with E-state index in [2.05, 4.69) is 121 Å². The fourth-order valence-corrected chi connectivity index (χ4v) is 8.74. The lowest BCUT2D eigenvalue weighted by Gasteiger charge is -2.39. The molecule has 260 valence electrons. The minimum absolute atomic E-state index is 0.245. The van der Waals surface area contributed by atoms with Gasteiger partial charge in [0.15, 0.2) is 17.1 Å². The first-order valence-electron chi connectivity index (χ1n) is 18.0. The van der Waals surface area contributed by atoms with E-state index in [1.54, 1.807) is 14.2 Å². The number of ether oxygens (including phenoxy) is 5. The van der Waals surface area contributed by atoms with Gasteiger partial charge >= 0.3 is 0 Å². The molecule has 7 nitrogen and oxygen atoms in total. The second kappa shape index (κ2) is 12.4. The van der Waals surface area contributed by atoms with Crippen molar-refractivity contribution in [1.82, 2.24) is 0 Å². The average molecular weight is 681 g/mol. The molecule has 0 unspecified atom stereocenters. The molecule has 2 fully saturated rings. The van der Waals surface area contributed by atoms with Gasteiger partial charge in [-0.2, -0.15) is 0 Å². The molecule has 9 rings (SSSR count). The van der Waals surface area contributed by atoms with Crippen LogP contribution in [0.1, 0.15) is 41.7 Å². The molecule has 5 aromatic carbocycles. The summed E-state index contributed by atoms with van der Waals surface area (Å²) in [7, 11) is 3.39. The Morgan fingerprint density at radius 2 is 1.18 bits per heavy atom. The Labute approximate surface area is 299 Å². The SMILES string of the molecule is COc1cc2c3c(c4c(c2cc1OC)-c1ccccc1C4(C)C)C=CC(c1ccc(N2CCOCC2)cc1)(c1ccc(N2CCOCC2)cc1)O3. The Morgan fingerprint density at radius 1 is 0.647 bits per heavy atom. The van der Waals surface area contributed by atoms with Crippen molar-refractivity contribution in [2.45, 2.75) is 24.9 Å². The van der Waals surface area contributed by atoms with Crippen LogP contribution in [0.5, 0.6) is 17.2 Å². The van der Waals surface area contributed by atoms with Crippen molar-refractivity contribution in [1.29, 1.82) is 0 Å². The molecule has 0 N–H and O–H groups in total. The van der Waals surface area contributed by atoms with Crippen molar-refractivity contribution in [3.8, 4) is 28.4 Å². The van der Waals surface area contributed by atoms with Crippen LogP contribution in [0.4, 0.5) is 11.4 Å². The normalized spacial score (nSPS) is 18.5. The predicted octanol–water partition coefficient (Wildman–Crippen LogP) is 8.19. The number of morpholine rings is 2. The van der Waals surface area contributed by atoms with Gasteiger partial charge in [-0.15, -0.1) is 0 Å². The van der Waals surface area contributed by atoms with E-state index >= 15 is 0 Å².